The van der Waals surface area contributed by atoms with E-state index >= 15 is 0 Å². The van der Waals surface area contributed by atoms with Crippen LogP contribution < -0.4 is 10.9 Å². The molecule has 2 aromatic rings. The fourth-order valence-electron chi connectivity index (χ4n) is 4.65. The van der Waals surface area contributed by atoms with Gasteiger partial charge in [-0.2, -0.15) is 0 Å². The Morgan fingerprint density at radius 2 is 2.07 bits per heavy atom. The van der Waals surface area contributed by atoms with Crippen LogP contribution in [0.5, 0.6) is 0 Å². The van der Waals surface area contributed by atoms with Crippen LogP contribution in [-0.2, 0) is 26.7 Å². The number of urea groups is 1. The molecular formula is C21H31N7O2. The minimum absolute atomic E-state index is 0.00230. The molecule has 0 radical (unpaired) electrons. The van der Waals surface area contributed by atoms with E-state index in [9.17, 15) is 9.59 Å². The van der Waals surface area contributed by atoms with Gasteiger partial charge in [0.1, 0.15) is 12.2 Å². The molecule has 2 amide bonds. The van der Waals surface area contributed by atoms with E-state index in [4.69, 9.17) is 0 Å². The van der Waals surface area contributed by atoms with Gasteiger partial charge < -0.3 is 19.4 Å². The smallest absolute Gasteiger partial charge is 0.317 e. The third-order valence-electron chi connectivity index (χ3n) is 6.04. The van der Waals surface area contributed by atoms with Crippen molar-refractivity contribution in [2.45, 2.75) is 51.9 Å². The van der Waals surface area contributed by atoms with E-state index < -0.39 is 0 Å². The molecule has 0 unspecified atom stereocenters. The molecule has 2 atom stereocenters. The van der Waals surface area contributed by atoms with E-state index in [1.54, 1.807) is 6.33 Å². The Labute approximate surface area is 176 Å². The number of hydrogen-bond donors (Lipinski definition) is 1. The highest BCUT2D eigenvalue weighted by Crippen LogP contribution is 2.35. The highest BCUT2D eigenvalue weighted by molar-refractivity contribution is 5.74. The topological polar surface area (TPSA) is 88.3 Å². The number of rotatable bonds is 5. The Morgan fingerprint density at radius 1 is 1.27 bits per heavy atom. The molecule has 2 bridgehead atoms. The van der Waals surface area contributed by atoms with Crippen molar-refractivity contribution in [3.63, 3.8) is 0 Å². The van der Waals surface area contributed by atoms with Crippen molar-refractivity contribution in [2.75, 3.05) is 20.1 Å². The van der Waals surface area contributed by atoms with E-state index in [-0.39, 0.29) is 23.6 Å². The lowest BCUT2D eigenvalue weighted by Gasteiger charge is -2.43. The average molecular weight is 414 g/mol. The summed E-state index contributed by atoms with van der Waals surface area (Å²) < 4.78 is 3.83. The van der Waals surface area contributed by atoms with Crippen molar-refractivity contribution in [1.82, 2.24) is 34.4 Å². The van der Waals surface area contributed by atoms with E-state index in [2.05, 4.69) is 26.5 Å². The standard InChI is InChI=1S/C21H31N7O2/c1-14(2)23-21(30)27-8-15-7-17(11-27)18-6-5-16(20(29)28(18)9-15)10-25(3)12-19-24-22-13-26(19)4/h5-6,13-15,17H,7-12H2,1-4H3,(H,23,30)/t15-,17+/m0/s1. The molecule has 0 saturated carbocycles. The normalized spacial score (nSPS) is 20.5. The summed E-state index contributed by atoms with van der Waals surface area (Å²) in [5.41, 5.74) is 1.93. The quantitative estimate of drug-likeness (QED) is 0.794. The van der Waals surface area contributed by atoms with Crippen molar-refractivity contribution in [2.24, 2.45) is 13.0 Å². The Bertz CT molecular complexity index is 980. The van der Waals surface area contributed by atoms with Gasteiger partial charge in [0.25, 0.3) is 5.56 Å². The molecule has 4 rings (SSSR count). The van der Waals surface area contributed by atoms with Gasteiger partial charge in [0.05, 0.1) is 6.54 Å². The van der Waals surface area contributed by atoms with Gasteiger partial charge in [0.15, 0.2) is 0 Å². The number of carbonyl (C=O) groups is 1. The van der Waals surface area contributed by atoms with Gasteiger partial charge in [-0.3, -0.25) is 9.69 Å². The maximum atomic E-state index is 13.2. The first kappa shape index (κ1) is 20.6. The fourth-order valence-corrected chi connectivity index (χ4v) is 4.65. The molecule has 1 saturated heterocycles. The van der Waals surface area contributed by atoms with Crippen LogP contribution >= 0.6 is 0 Å². The lowest BCUT2D eigenvalue weighted by atomic mass is 9.83. The molecule has 9 nitrogen and oxygen atoms in total. The Morgan fingerprint density at radius 3 is 2.77 bits per heavy atom. The zero-order valence-corrected chi connectivity index (χ0v) is 18.2. The predicted molar refractivity (Wildman–Crippen MR) is 113 cm³/mol. The first-order valence-corrected chi connectivity index (χ1v) is 10.6. The number of amides is 2. The zero-order chi connectivity index (χ0) is 21.4. The molecule has 4 heterocycles. The van der Waals surface area contributed by atoms with Crippen molar-refractivity contribution in [3.8, 4) is 0 Å². The number of piperidine rings is 1. The van der Waals surface area contributed by atoms with Crippen LogP contribution in [0.4, 0.5) is 4.79 Å². The minimum Gasteiger partial charge on any atom is -0.336 e. The Kier molecular flexibility index (Phi) is 5.64. The molecule has 2 aliphatic heterocycles. The molecule has 1 N–H and O–H groups in total. The Hall–Kier alpha value is -2.68. The third kappa shape index (κ3) is 4.12. The third-order valence-corrected chi connectivity index (χ3v) is 6.04. The Balaban J connectivity index is 1.50. The monoisotopic (exact) mass is 413 g/mol. The molecule has 162 valence electrons. The largest absolute Gasteiger partial charge is 0.336 e. The second-order valence-electron chi connectivity index (χ2n) is 9.04. The summed E-state index contributed by atoms with van der Waals surface area (Å²) in [5, 5.41) is 11.0. The van der Waals surface area contributed by atoms with E-state index in [1.165, 1.54) is 0 Å². The van der Waals surface area contributed by atoms with Gasteiger partial charge in [0.2, 0.25) is 0 Å². The van der Waals surface area contributed by atoms with Crippen molar-refractivity contribution >= 4 is 6.03 Å². The second-order valence-corrected chi connectivity index (χ2v) is 9.04. The second kappa shape index (κ2) is 8.22. The molecule has 0 spiro atoms. The van der Waals surface area contributed by atoms with E-state index in [1.807, 2.05) is 48.0 Å². The average Bonchev–Trinajstić information content (AvgIpc) is 3.08. The number of aromatic nitrogens is 4. The number of aryl methyl sites for hydroxylation is 1. The maximum absolute atomic E-state index is 13.2. The molecule has 0 aromatic carbocycles. The molecule has 2 aromatic heterocycles. The first-order valence-electron chi connectivity index (χ1n) is 10.6. The minimum atomic E-state index is -0.00230. The van der Waals surface area contributed by atoms with Gasteiger partial charge in [-0.25, -0.2) is 4.79 Å². The summed E-state index contributed by atoms with van der Waals surface area (Å²) in [6, 6.07) is 4.15. The fraction of sp³-hybridized carbons (Fsp3) is 0.619. The van der Waals surface area contributed by atoms with Crippen LogP contribution in [0, 0.1) is 5.92 Å². The lowest BCUT2D eigenvalue weighted by Crippen LogP contribution is -2.53. The van der Waals surface area contributed by atoms with Gasteiger partial charge >= 0.3 is 6.03 Å². The molecule has 30 heavy (non-hydrogen) atoms. The van der Waals surface area contributed by atoms with Crippen molar-refractivity contribution < 1.29 is 4.79 Å². The highest BCUT2D eigenvalue weighted by atomic mass is 16.2. The molecule has 0 aliphatic carbocycles. The molecule has 1 fully saturated rings. The van der Waals surface area contributed by atoms with Crippen molar-refractivity contribution in [1.29, 1.82) is 0 Å². The number of carbonyl (C=O) groups excluding carboxylic acids is 1. The van der Waals surface area contributed by atoms with Crippen LogP contribution in [0.15, 0.2) is 23.3 Å². The summed E-state index contributed by atoms with van der Waals surface area (Å²) in [6.07, 6.45) is 2.72. The number of fused-ring (bicyclic) bond motifs is 4. The number of nitrogens with zero attached hydrogens (tertiary/aromatic N) is 6. The van der Waals surface area contributed by atoms with Gasteiger partial charge in [-0.05, 0) is 39.3 Å². The van der Waals surface area contributed by atoms with Crippen LogP contribution in [0.2, 0.25) is 0 Å². The summed E-state index contributed by atoms with van der Waals surface area (Å²) in [6.45, 7) is 7.18. The SMILES string of the molecule is CC(C)NC(=O)N1C[C@@H]2C[C@H](C1)c1ccc(CN(C)Cc3nncn3C)c(=O)n1C2. The zero-order valence-electron chi connectivity index (χ0n) is 18.2. The highest BCUT2D eigenvalue weighted by Gasteiger charge is 2.36. The van der Waals surface area contributed by atoms with Crippen LogP contribution in [0.1, 0.15) is 43.3 Å². The summed E-state index contributed by atoms with van der Waals surface area (Å²) in [5.74, 6) is 1.40. The van der Waals surface area contributed by atoms with E-state index in [0.29, 0.717) is 38.6 Å². The molecule has 2 aliphatic rings. The van der Waals surface area contributed by atoms with Gasteiger partial charge in [-0.15, -0.1) is 10.2 Å². The van der Waals surface area contributed by atoms with Gasteiger partial charge in [-0.1, -0.05) is 6.07 Å². The summed E-state index contributed by atoms with van der Waals surface area (Å²) in [7, 11) is 3.90. The number of hydrogen-bond acceptors (Lipinski definition) is 5. The van der Waals surface area contributed by atoms with Crippen molar-refractivity contribution in [3.05, 3.63) is 45.9 Å². The predicted octanol–water partition coefficient (Wildman–Crippen LogP) is 1.15. The summed E-state index contributed by atoms with van der Waals surface area (Å²) in [4.78, 5) is 29.7. The molecule has 9 heteroatoms. The summed E-state index contributed by atoms with van der Waals surface area (Å²) >= 11 is 0. The number of likely N-dealkylation sites (tertiary alicyclic amines) is 1. The van der Waals surface area contributed by atoms with Gasteiger partial charge in [0, 0.05) is 56.4 Å². The number of pyridine rings is 1. The number of nitrogens with one attached hydrogen (secondary N) is 1. The van der Waals surface area contributed by atoms with Crippen LogP contribution in [0.25, 0.3) is 0 Å². The maximum Gasteiger partial charge on any atom is 0.317 e. The van der Waals surface area contributed by atoms with Crippen LogP contribution in [0.3, 0.4) is 0 Å². The lowest BCUT2D eigenvalue weighted by molar-refractivity contribution is 0.129. The van der Waals surface area contributed by atoms with Crippen LogP contribution in [-0.4, -0.2) is 61.3 Å². The molecular weight excluding hydrogens is 382 g/mol. The van der Waals surface area contributed by atoms with E-state index in [0.717, 1.165) is 23.5 Å². The first-order chi connectivity index (χ1) is 14.3.